The van der Waals surface area contributed by atoms with Crippen molar-refractivity contribution >= 4 is 11.5 Å². The average molecular weight is 362 g/mol. The summed E-state index contributed by atoms with van der Waals surface area (Å²) in [4.78, 5) is 12.1. The van der Waals surface area contributed by atoms with Crippen LogP contribution in [-0.2, 0) is 4.74 Å². The van der Waals surface area contributed by atoms with Crippen molar-refractivity contribution in [2.75, 3.05) is 6.61 Å². The van der Waals surface area contributed by atoms with Gasteiger partial charge in [-0.05, 0) is 32.0 Å². The second kappa shape index (κ2) is 6.75. The van der Waals surface area contributed by atoms with Crippen LogP contribution in [-0.4, -0.2) is 12.6 Å². The standard InChI is InChI=1S/C17H16NO3.BrH/c1-3-21-17(19)14-5-7-15(13-8-9-20-11-13)18-10-12(2)4-6-16(14)18;/h4-11H,3H2,1-2H3;1H/q+1;/p-1. The van der Waals surface area contributed by atoms with Crippen molar-refractivity contribution in [3.05, 3.63) is 60.2 Å². The fourth-order valence-electron chi connectivity index (χ4n) is 2.38. The number of hydrogen-bond donors (Lipinski definition) is 0. The lowest BCUT2D eigenvalue weighted by Gasteiger charge is -2.04. The van der Waals surface area contributed by atoms with Gasteiger partial charge in [0, 0.05) is 17.7 Å². The second-order valence-electron chi connectivity index (χ2n) is 4.83. The Morgan fingerprint density at radius 3 is 2.73 bits per heavy atom. The van der Waals surface area contributed by atoms with Crippen molar-refractivity contribution in [1.82, 2.24) is 0 Å². The Hall–Kier alpha value is -2.14. The highest BCUT2D eigenvalue weighted by Gasteiger charge is 2.21. The maximum Gasteiger partial charge on any atom is 0.344 e. The normalized spacial score (nSPS) is 10.3. The molecule has 0 aliphatic heterocycles. The molecule has 3 heterocycles. The fourth-order valence-corrected chi connectivity index (χ4v) is 2.38. The number of hydrogen-bond acceptors (Lipinski definition) is 3. The van der Waals surface area contributed by atoms with E-state index in [0.29, 0.717) is 12.2 Å². The average Bonchev–Trinajstić information content (AvgIpc) is 3.00. The minimum Gasteiger partial charge on any atom is -1.00 e. The molecule has 4 nitrogen and oxygen atoms in total. The number of pyridine rings is 2. The van der Waals surface area contributed by atoms with Gasteiger partial charge in [-0.2, -0.15) is 4.40 Å². The minimum absolute atomic E-state index is 0. The molecule has 22 heavy (non-hydrogen) atoms. The highest BCUT2D eigenvalue weighted by atomic mass is 79.9. The van der Waals surface area contributed by atoms with Gasteiger partial charge in [-0.1, -0.05) is 0 Å². The number of ether oxygens (including phenoxy) is 1. The predicted octanol–water partition coefficient (Wildman–Crippen LogP) is 0.174. The van der Waals surface area contributed by atoms with Crippen LogP contribution in [0.1, 0.15) is 22.8 Å². The largest absolute Gasteiger partial charge is 1.00 e. The highest BCUT2D eigenvalue weighted by Crippen LogP contribution is 2.19. The van der Waals surface area contributed by atoms with Gasteiger partial charge in [-0.3, -0.25) is 0 Å². The smallest absolute Gasteiger partial charge is 0.344 e. The van der Waals surface area contributed by atoms with E-state index in [-0.39, 0.29) is 23.0 Å². The summed E-state index contributed by atoms with van der Waals surface area (Å²) >= 11 is 0. The Labute approximate surface area is 139 Å². The van der Waals surface area contributed by atoms with Crippen molar-refractivity contribution in [3.63, 3.8) is 0 Å². The Morgan fingerprint density at radius 1 is 1.23 bits per heavy atom. The molecule has 3 aromatic rings. The number of aryl methyl sites for hydroxylation is 1. The number of carbonyl (C=O) groups is 1. The number of halogens is 1. The summed E-state index contributed by atoms with van der Waals surface area (Å²) in [6.07, 6.45) is 5.32. The molecular formula is C17H16BrNO3. The first-order valence-electron chi connectivity index (χ1n) is 6.85. The van der Waals surface area contributed by atoms with Gasteiger partial charge in [0.1, 0.15) is 11.8 Å². The van der Waals surface area contributed by atoms with Gasteiger partial charge in [0.25, 0.3) is 0 Å². The monoisotopic (exact) mass is 361 g/mol. The van der Waals surface area contributed by atoms with Gasteiger partial charge in [-0.15, -0.1) is 0 Å². The summed E-state index contributed by atoms with van der Waals surface area (Å²) in [7, 11) is 0. The van der Waals surface area contributed by atoms with E-state index in [1.165, 1.54) is 0 Å². The summed E-state index contributed by atoms with van der Waals surface area (Å²) in [5.41, 5.74) is 4.42. The summed E-state index contributed by atoms with van der Waals surface area (Å²) in [6, 6.07) is 9.52. The van der Waals surface area contributed by atoms with Crippen LogP contribution in [0.2, 0.25) is 0 Å². The molecule has 0 unspecified atom stereocenters. The molecule has 0 radical (unpaired) electrons. The van der Waals surface area contributed by atoms with E-state index in [9.17, 15) is 4.79 Å². The van der Waals surface area contributed by atoms with Crippen LogP contribution >= 0.6 is 0 Å². The molecule has 0 saturated heterocycles. The van der Waals surface area contributed by atoms with Gasteiger partial charge in [0.15, 0.2) is 6.20 Å². The van der Waals surface area contributed by atoms with Crippen LogP contribution < -0.4 is 21.4 Å². The molecule has 0 aliphatic rings. The maximum absolute atomic E-state index is 12.1. The molecule has 5 heteroatoms. The number of fused-ring (bicyclic) bond motifs is 1. The Bertz CT molecular complexity index is 797. The molecule has 0 saturated carbocycles. The van der Waals surface area contributed by atoms with Crippen LogP contribution in [0.5, 0.6) is 0 Å². The lowest BCUT2D eigenvalue weighted by atomic mass is 10.1. The zero-order chi connectivity index (χ0) is 14.8. The minimum atomic E-state index is -0.308. The molecule has 0 bridgehead atoms. The van der Waals surface area contributed by atoms with Crippen molar-refractivity contribution in [2.45, 2.75) is 13.8 Å². The third-order valence-corrected chi connectivity index (χ3v) is 3.35. The Morgan fingerprint density at radius 2 is 2.05 bits per heavy atom. The third kappa shape index (κ3) is 2.90. The van der Waals surface area contributed by atoms with Crippen molar-refractivity contribution in [2.24, 2.45) is 0 Å². The number of furan rings is 1. The number of aromatic nitrogens is 1. The zero-order valence-corrected chi connectivity index (χ0v) is 14.0. The zero-order valence-electron chi connectivity index (χ0n) is 12.4. The maximum atomic E-state index is 12.1. The molecule has 0 N–H and O–H groups in total. The predicted molar refractivity (Wildman–Crippen MR) is 78.0 cm³/mol. The van der Waals surface area contributed by atoms with E-state index in [2.05, 4.69) is 0 Å². The fraction of sp³-hybridized carbons (Fsp3) is 0.176. The second-order valence-corrected chi connectivity index (χ2v) is 4.83. The molecule has 0 spiro atoms. The molecule has 3 rings (SSSR count). The Kier molecular flexibility index (Phi) is 4.98. The first-order valence-corrected chi connectivity index (χ1v) is 6.85. The van der Waals surface area contributed by atoms with Crippen LogP contribution in [0.25, 0.3) is 16.8 Å². The molecule has 0 atom stereocenters. The van der Waals surface area contributed by atoms with Gasteiger partial charge < -0.3 is 26.1 Å². The van der Waals surface area contributed by atoms with Crippen molar-refractivity contribution in [3.8, 4) is 11.3 Å². The quantitative estimate of drug-likeness (QED) is 0.493. The first-order chi connectivity index (χ1) is 10.2. The molecule has 0 aromatic carbocycles. The van der Waals surface area contributed by atoms with Crippen molar-refractivity contribution < 1.29 is 35.3 Å². The number of carbonyl (C=O) groups excluding carboxylic acids is 1. The Balaban J connectivity index is 0.00000176. The number of esters is 1. The van der Waals surface area contributed by atoms with Gasteiger partial charge in [0.2, 0.25) is 11.2 Å². The van der Waals surface area contributed by atoms with Crippen LogP contribution in [0.4, 0.5) is 0 Å². The summed E-state index contributed by atoms with van der Waals surface area (Å²) in [5.74, 6) is -0.308. The van der Waals surface area contributed by atoms with E-state index in [1.807, 2.05) is 41.8 Å². The van der Waals surface area contributed by atoms with E-state index >= 15 is 0 Å². The van der Waals surface area contributed by atoms with E-state index < -0.39 is 0 Å². The van der Waals surface area contributed by atoms with E-state index in [1.54, 1.807) is 25.5 Å². The van der Waals surface area contributed by atoms with Crippen LogP contribution in [0, 0.1) is 6.92 Å². The van der Waals surface area contributed by atoms with E-state index in [4.69, 9.17) is 9.15 Å². The highest BCUT2D eigenvalue weighted by molar-refractivity contribution is 5.96. The van der Waals surface area contributed by atoms with Crippen LogP contribution in [0.3, 0.4) is 0 Å². The number of nitrogens with zero attached hydrogens (tertiary/aromatic N) is 1. The molecular weight excluding hydrogens is 346 g/mol. The van der Waals surface area contributed by atoms with Gasteiger partial charge >= 0.3 is 5.97 Å². The topological polar surface area (TPSA) is 43.5 Å². The van der Waals surface area contributed by atoms with E-state index in [0.717, 1.165) is 22.3 Å². The third-order valence-electron chi connectivity index (χ3n) is 3.35. The molecule has 3 aromatic heterocycles. The van der Waals surface area contributed by atoms with Crippen LogP contribution in [0.15, 0.2) is 53.5 Å². The molecule has 114 valence electrons. The van der Waals surface area contributed by atoms with Gasteiger partial charge in [0.05, 0.1) is 18.4 Å². The molecule has 0 aliphatic carbocycles. The SMILES string of the molecule is CCOC(=O)c1ccc(-c2ccoc2)[n+]2cc(C)ccc12.[Br-]. The first kappa shape index (κ1) is 16.2. The summed E-state index contributed by atoms with van der Waals surface area (Å²) in [6.45, 7) is 4.18. The van der Waals surface area contributed by atoms with Crippen molar-refractivity contribution in [1.29, 1.82) is 0 Å². The summed E-state index contributed by atoms with van der Waals surface area (Å²) < 4.78 is 12.3. The lowest BCUT2D eigenvalue weighted by molar-refractivity contribution is -0.500. The lowest BCUT2D eigenvalue weighted by Crippen LogP contribution is -3.00. The number of rotatable bonds is 3. The van der Waals surface area contributed by atoms with Gasteiger partial charge in [-0.25, -0.2) is 4.79 Å². The molecule has 0 amide bonds. The molecule has 0 fully saturated rings. The summed E-state index contributed by atoms with van der Waals surface area (Å²) in [5, 5.41) is 0.